The molecule has 1 amide bonds. The van der Waals surface area contributed by atoms with Gasteiger partial charge in [-0.1, -0.05) is 12.7 Å². The Balaban J connectivity index is 1.59. The van der Waals surface area contributed by atoms with Crippen LogP contribution in [0.1, 0.15) is 36.2 Å². The zero-order valence-electron chi connectivity index (χ0n) is 23.9. The van der Waals surface area contributed by atoms with Crippen LogP contribution in [0.4, 0.5) is 13.2 Å². The molecule has 0 spiro atoms. The molecule has 41 heavy (non-hydrogen) atoms. The van der Waals surface area contributed by atoms with E-state index >= 15 is 0 Å². The number of allylic oxidation sites excluding steroid dienone is 4. The Labute approximate surface area is 239 Å². The normalized spacial score (nSPS) is 22.2. The number of carbonyl (C=O) groups excluding carboxylic acids is 1. The minimum absolute atomic E-state index is 0.0371. The Morgan fingerprint density at radius 1 is 1.24 bits per heavy atom. The molecule has 1 aliphatic carbocycles. The highest BCUT2D eigenvalue weighted by Crippen LogP contribution is 2.38. The maximum Gasteiger partial charge on any atom is 0.387 e. The summed E-state index contributed by atoms with van der Waals surface area (Å²) in [7, 11) is 3.17. The second-order valence-electron chi connectivity index (χ2n) is 10.9. The Morgan fingerprint density at radius 2 is 1.93 bits per heavy atom. The fourth-order valence-corrected chi connectivity index (χ4v) is 4.99. The number of methoxy groups -OCH3 is 1. The maximum atomic E-state index is 13.4. The SMILES string of the molecule is C=C/C(=C1/C=CC(OC(C)(C)CN2CCOCC2)=CN1C)c1cc(OC)c(C(=O)NCC2C[C@@H]2F)c(OC(F)F)c1. The standard InChI is InChI=1S/C30H38F3N3O5/c1-6-22(24-8-7-21(17-35(24)4)41-30(2,3)18-36-9-11-39-12-10-36)19-14-25(38-5)27(26(15-19)40-29(32)33)28(37)34-16-20-13-23(20)31/h6-8,14-15,17,20,23,29H,1,9-13,16,18H2,2-5H3,(H,34,37)/b24-22+/t20?,23-/m0/s1. The first-order valence-electron chi connectivity index (χ1n) is 13.6. The van der Waals surface area contributed by atoms with E-state index in [9.17, 15) is 18.0 Å². The van der Waals surface area contributed by atoms with E-state index in [1.54, 1.807) is 12.1 Å². The van der Waals surface area contributed by atoms with E-state index in [4.69, 9.17) is 18.9 Å². The second kappa shape index (κ2) is 13.0. The van der Waals surface area contributed by atoms with E-state index in [-0.39, 0.29) is 29.5 Å². The summed E-state index contributed by atoms with van der Waals surface area (Å²) in [6.07, 6.45) is 6.51. The number of carbonyl (C=O) groups is 1. The van der Waals surface area contributed by atoms with Crippen molar-refractivity contribution in [1.82, 2.24) is 15.1 Å². The molecule has 2 fully saturated rings. The minimum atomic E-state index is -3.18. The van der Waals surface area contributed by atoms with Gasteiger partial charge in [0.1, 0.15) is 34.6 Å². The van der Waals surface area contributed by atoms with Gasteiger partial charge in [0.25, 0.3) is 5.91 Å². The quantitative estimate of drug-likeness (QED) is 0.385. The van der Waals surface area contributed by atoms with Crippen LogP contribution < -0.4 is 14.8 Å². The highest BCUT2D eigenvalue weighted by Gasteiger charge is 2.38. The van der Waals surface area contributed by atoms with Crippen LogP contribution in [0.25, 0.3) is 5.57 Å². The van der Waals surface area contributed by atoms with Gasteiger partial charge in [-0.25, -0.2) is 4.39 Å². The van der Waals surface area contributed by atoms with Crippen molar-refractivity contribution >= 4 is 11.5 Å². The van der Waals surface area contributed by atoms with Crippen LogP contribution in [0.15, 0.2) is 54.6 Å². The molecule has 1 N–H and O–H groups in total. The number of rotatable bonds is 12. The number of benzene rings is 1. The van der Waals surface area contributed by atoms with Gasteiger partial charge in [-0.15, -0.1) is 0 Å². The predicted octanol–water partition coefficient (Wildman–Crippen LogP) is 4.75. The molecule has 224 valence electrons. The van der Waals surface area contributed by atoms with E-state index in [0.29, 0.717) is 42.2 Å². The van der Waals surface area contributed by atoms with Gasteiger partial charge >= 0.3 is 6.61 Å². The zero-order valence-corrected chi connectivity index (χ0v) is 23.9. The van der Waals surface area contributed by atoms with E-state index in [0.717, 1.165) is 19.6 Å². The van der Waals surface area contributed by atoms with Crippen LogP contribution in [0.5, 0.6) is 11.5 Å². The summed E-state index contributed by atoms with van der Waals surface area (Å²) in [5.41, 5.74) is 1.11. The number of morpholine rings is 1. The van der Waals surface area contributed by atoms with Gasteiger partial charge in [-0.2, -0.15) is 8.78 Å². The number of hydrogen-bond donors (Lipinski definition) is 1. The molecule has 1 unspecified atom stereocenters. The largest absolute Gasteiger partial charge is 0.496 e. The van der Waals surface area contributed by atoms with Gasteiger partial charge in [0.05, 0.1) is 20.3 Å². The molecular weight excluding hydrogens is 539 g/mol. The summed E-state index contributed by atoms with van der Waals surface area (Å²) in [5, 5.41) is 2.60. The number of likely N-dealkylation sites (N-methyl/N-ethyl adjacent to an activating group) is 1. The molecule has 8 nitrogen and oxygen atoms in total. The van der Waals surface area contributed by atoms with Gasteiger partial charge in [-0.05, 0) is 50.1 Å². The highest BCUT2D eigenvalue weighted by molar-refractivity contribution is 6.00. The van der Waals surface area contributed by atoms with Gasteiger partial charge < -0.3 is 29.2 Å². The summed E-state index contributed by atoms with van der Waals surface area (Å²) >= 11 is 0. The molecule has 1 aromatic carbocycles. The lowest BCUT2D eigenvalue weighted by atomic mass is 9.98. The number of nitrogens with zero attached hydrogens (tertiary/aromatic N) is 2. The van der Waals surface area contributed by atoms with E-state index in [1.165, 1.54) is 13.2 Å². The van der Waals surface area contributed by atoms with Crippen LogP contribution in [0.2, 0.25) is 0 Å². The lowest BCUT2D eigenvalue weighted by Gasteiger charge is -2.36. The third-order valence-corrected chi connectivity index (χ3v) is 7.09. The van der Waals surface area contributed by atoms with Crippen LogP contribution in [-0.2, 0) is 9.47 Å². The summed E-state index contributed by atoms with van der Waals surface area (Å²) in [6, 6.07) is 2.92. The average Bonchev–Trinajstić information content (AvgIpc) is 3.63. The first kappa shape index (κ1) is 30.5. The third kappa shape index (κ3) is 7.85. The lowest BCUT2D eigenvalue weighted by Crippen LogP contribution is -2.45. The van der Waals surface area contributed by atoms with Crippen LogP contribution >= 0.6 is 0 Å². The zero-order chi connectivity index (χ0) is 29.7. The third-order valence-electron chi connectivity index (χ3n) is 7.09. The van der Waals surface area contributed by atoms with Crippen LogP contribution in [0.3, 0.4) is 0 Å². The Morgan fingerprint density at radius 3 is 2.51 bits per heavy atom. The molecule has 0 bridgehead atoms. The first-order chi connectivity index (χ1) is 19.5. The lowest BCUT2D eigenvalue weighted by molar-refractivity contribution is -0.0502. The number of amides is 1. The van der Waals surface area contributed by atoms with E-state index < -0.39 is 24.3 Å². The topological polar surface area (TPSA) is 72.5 Å². The molecule has 2 aliphatic heterocycles. The van der Waals surface area contributed by atoms with Gasteiger partial charge in [0.2, 0.25) is 0 Å². The molecular formula is C30H38F3N3O5. The van der Waals surface area contributed by atoms with Gasteiger partial charge in [-0.3, -0.25) is 9.69 Å². The highest BCUT2D eigenvalue weighted by atomic mass is 19.3. The molecule has 2 atom stereocenters. The van der Waals surface area contributed by atoms with Crippen molar-refractivity contribution in [3.63, 3.8) is 0 Å². The number of nitrogens with one attached hydrogen (secondary N) is 1. The molecule has 11 heteroatoms. The molecule has 0 aromatic heterocycles. The predicted molar refractivity (Wildman–Crippen MR) is 149 cm³/mol. The monoisotopic (exact) mass is 577 g/mol. The van der Waals surface area contributed by atoms with Crippen molar-refractivity contribution in [3.8, 4) is 11.5 Å². The summed E-state index contributed by atoms with van der Waals surface area (Å²) in [6.45, 7) is 8.79. The molecule has 4 rings (SSSR count). The number of ether oxygens (including phenoxy) is 4. The minimum Gasteiger partial charge on any atom is -0.496 e. The summed E-state index contributed by atoms with van der Waals surface area (Å²) < 4.78 is 62.0. The average molecular weight is 578 g/mol. The van der Waals surface area contributed by atoms with Crippen LogP contribution in [-0.4, -0.2) is 87.6 Å². The fourth-order valence-electron chi connectivity index (χ4n) is 4.99. The molecule has 0 radical (unpaired) electrons. The van der Waals surface area contributed by atoms with Crippen molar-refractivity contribution in [1.29, 1.82) is 0 Å². The second-order valence-corrected chi connectivity index (χ2v) is 10.9. The van der Waals surface area contributed by atoms with Crippen molar-refractivity contribution in [2.75, 3.05) is 53.6 Å². The fraction of sp³-hybridized carbons (Fsp3) is 0.500. The van der Waals surface area contributed by atoms with E-state index in [1.807, 2.05) is 44.1 Å². The number of halogens is 3. The maximum absolute atomic E-state index is 13.4. The Bertz CT molecular complexity index is 1220. The Kier molecular flexibility index (Phi) is 9.70. The van der Waals surface area contributed by atoms with Crippen LogP contribution in [0, 0.1) is 5.92 Å². The van der Waals surface area contributed by atoms with Crippen molar-refractivity contribution in [3.05, 3.63) is 65.7 Å². The van der Waals surface area contributed by atoms with Gasteiger partial charge in [0.15, 0.2) is 0 Å². The number of alkyl halides is 3. The first-order valence-corrected chi connectivity index (χ1v) is 13.6. The molecule has 1 saturated carbocycles. The van der Waals surface area contributed by atoms with Crippen molar-refractivity contribution in [2.24, 2.45) is 5.92 Å². The summed E-state index contributed by atoms with van der Waals surface area (Å²) in [4.78, 5) is 17.1. The number of hydrogen-bond acceptors (Lipinski definition) is 7. The molecule has 1 saturated heterocycles. The Hall–Kier alpha value is -3.44. The van der Waals surface area contributed by atoms with Crippen molar-refractivity contribution in [2.45, 2.75) is 38.7 Å². The smallest absolute Gasteiger partial charge is 0.387 e. The molecule has 2 heterocycles. The van der Waals surface area contributed by atoms with E-state index in [2.05, 4.69) is 16.8 Å². The van der Waals surface area contributed by atoms with Gasteiger partial charge in [0, 0.05) is 56.6 Å². The molecule has 1 aromatic rings. The summed E-state index contributed by atoms with van der Waals surface area (Å²) in [5.74, 6) is -0.618. The molecule has 3 aliphatic rings. The van der Waals surface area contributed by atoms with Crippen molar-refractivity contribution < 1.29 is 36.9 Å².